The van der Waals surface area contributed by atoms with Crippen molar-refractivity contribution >= 4 is 27.6 Å². The molecule has 0 bridgehead atoms. The highest BCUT2D eigenvalue weighted by Crippen LogP contribution is 2.26. The number of nitrogens with one attached hydrogen (secondary N) is 2. The predicted molar refractivity (Wildman–Crippen MR) is 139 cm³/mol. The highest BCUT2D eigenvalue weighted by Gasteiger charge is 2.21. The summed E-state index contributed by atoms with van der Waals surface area (Å²) in [7, 11) is 0. The molecule has 0 spiro atoms. The van der Waals surface area contributed by atoms with Gasteiger partial charge in [-0.25, -0.2) is 9.18 Å². The number of fused-ring (bicyclic) bond motifs is 2. The summed E-state index contributed by atoms with van der Waals surface area (Å²) in [5.41, 5.74) is 6.08. The van der Waals surface area contributed by atoms with E-state index in [0.717, 1.165) is 77.9 Å². The second-order valence-electron chi connectivity index (χ2n) is 9.26. The van der Waals surface area contributed by atoms with E-state index in [-0.39, 0.29) is 11.5 Å². The largest absolute Gasteiger partial charge is 0.367 e. The van der Waals surface area contributed by atoms with Crippen molar-refractivity contribution < 1.29 is 4.39 Å². The van der Waals surface area contributed by atoms with Crippen LogP contribution in [-0.2, 0) is 13.0 Å². The van der Waals surface area contributed by atoms with Crippen molar-refractivity contribution in [3.8, 4) is 0 Å². The molecule has 0 unspecified atom stereocenters. The first-order valence-electron chi connectivity index (χ1n) is 12.1. The first-order valence-corrected chi connectivity index (χ1v) is 12.1. The van der Waals surface area contributed by atoms with Crippen LogP contribution in [0.4, 0.5) is 10.1 Å². The minimum Gasteiger partial charge on any atom is -0.367 e. The Morgan fingerprint density at radius 1 is 0.914 bits per heavy atom. The zero-order chi connectivity index (χ0) is 23.8. The van der Waals surface area contributed by atoms with E-state index < -0.39 is 0 Å². The maximum Gasteiger partial charge on any atom is 0.326 e. The Kier molecular flexibility index (Phi) is 5.62. The third kappa shape index (κ3) is 4.23. The van der Waals surface area contributed by atoms with Gasteiger partial charge in [0.25, 0.3) is 0 Å². The highest BCUT2D eigenvalue weighted by molar-refractivity contribution is 5.89. The molecule has 5 aromatic rings. The normalized spacial score (nSPS) is 14.8. The molecule has 3 heterocycles. The number of aromatic nitrogens is 3. The van der Waals surface area contributed by atoms with Gasteiger partial charge in [-0.05, 0) is 47.9 Å². The molecule has 2 N–H and O–H groups in total. The molecule has 0 radical (unpaired) electrons. The van der Waals surface area contributed by atoms with Crippen molar-refractivity contribution in [1.82, 2.24) is 19.4 Å². The monoisotopic (exact) mass is 469 g/mol. The van der Waals surface area contributed by atoms with E-state index in [9.17, 15) is 9.18 Å². The zero-order valence-corrected chi connectivity index (χ0v) is 19.5. The summed E-state index contributed by atoms with van der Waals surface area (Å²) in [6.07, 6.45) is 2.88. The molecule has 0 saturated carbocycles. The van der Waals surface area contributed by atoms with Gasteiger partial charge < -0.3 is 14.9 Å². The molecule has 3 aromatic carbocycles. The lowest BCUT2D eigenvalue weighted by atomic mass is 10.1. The molecule has 6 rings (SSSR count). The summed E-state index contributed by atoms with van der Waals surface area (Å²) in [5.74, 6) is -0.197. The van der Waals surface area contributed by atoms with E-state index in [1.165, 1.54) is 6.07 Å². The van der Waals surface area contributed by atoms with Gasteiger partial charge in [0, 0.05) is 49.8 Å². The fraction of sp³-hybridized carbons (Fsp3) is 0.250. The van der Waals surface area contributed by atoms with Crippen molar-refractivity contribution in [2.45, 2.75) is 13.0 Å². The first-order chi connectivity index (χ1) is 17.2. The molecule has 1 fully saturated rings. The molecular formula is C28H28FN5O. The van der Waals surface area contributed by atoms with Gasteiger partial charge in [-0.1, -0.05) is 36.4 Å². The number of anilines is 1. The van der Waals surface area contributed by atoms with Gasteiger partial charge in [0.2, 0.25) is 0 Å². The summed E-state index contributed by atoms with van der Waals surface area (Å²) < 4.78 is 15.5. The van der Waals surface area contributed by atoms with E-state index >= 15 is 0 Å². The number of nitrogens with zero attached hydrogens (tertiary/aromatic N) is 3. The lowest BCUT2D eigenvalue weighted by molar-refractivity contribution is 0.261. The molecule has 0 atom stereocenters. The summed E-state index contributed by atoms with van der Waals surface area (Å²) in [6.45, 7) is 5.17. The van der Waals surface area contributed by atoms with Gasteiger partial charge in [-0.3, -0.25) is 9.47 Å². The molecule has 178 valence electrons. The number of hydrogen-bond acceptors (Lipinski definition) is 3. The second-order valence-corrected chi connectivity index (χ2v) is 9.26. The fourth-order valence-corrected chi connectivity index (χ4v) is 5.20. The molecule has 0 amide bonds. The van der Waals surface area contributed by atoms with Crippen LogP contribution in [-0.4, -0.2) is 52.2 Å². The van der Waals surface area contributed by atoms with Crippen molar-refractivity contribution in [3.05, 3.63) is 100 Å². The lowest BCUT2D eigenvalue weighted by Crippen LogP contribution is -2.47. The minimum atomic E-state index is -0.197. The molecular weight excluding hydrogens is 441 g/mol. The molecule has 1 saturated heterocycles. The Morgan fingerprint density at radius 3 is 2.57 bits per heavy atom. The van der Waals surface area contributed by atoms with Gasteiger partial charge >= 0.3 is 5.69 Å². The first kappa shape index (κ1) is 21.7. The third-order valence-electron chi connectivity index (χ3n) is 7.11. The quantitative estimate of drug-likeness (QED) is 0.388. The molecule has 7 heteroatoms. The topological polar surface area (TPSA) is 60.1 Å². The number of benzene rings is 3. The number of H-pyrrole nitrogens is 2. The van der Waals surface area contributed by atoms with Crippen LogP contribution in [0, 0.1) is 5.82 Å². The highest BCUT2D eigenvalue weighted by atomic mass is 19.1. The Labute approximate surface area is 202 Å². The van der Waals surface area contributed by atoms with Crippen LogP contribution in [0.2, 0.25) is 0 Å². The van der Waals surface area contributed by atoms with Crippen LogP contribution in [0.1, 0.15) is 11.1 Å². The molecule has 1 aliphatic rings. The SMILES string of the molecule is O=c1[nH]c2c(N3CCN(CCc4c[nH]c5ccc(F)cc45)CC3)cccc2n1Cc1ccccc1. The maximum atomic E-state index is 13.7. The molecule has 1 aliphatic heterocycles. The standard InChI is InChI=1S/C28H28FN5O/c29-22-9-10-24-23(17-22)21(18-30-24)11-12-32-13-15-33(16-14-32)25-7-4-8-26-27(25)31-28(35)34(26)19-20-5-2-1-3-6-20/h1-10,17-18,30H,11-16,19H2,(H,31,35). The van der Waals surface area contributed by atoms with Crippen molar-refractivity contribution in [2.75, 3.05) is 37.6 Å². The maximum absolute atomic E-state index is 13.7. The van der Waals surface area contributed by atoms with Crippen LogP contribution in [0.3, 0.4) is 0 Å². The van der Waals surface area contributed by atoms with Crippen LogP contribution in [0.25, 0.3) is 21.9 Å². The molecule has 2 aromatic heterocycles. The number of rotatable bonds is 6. The van der Waals surface area contributed by atoms with E-state index in [4.69, 9.17) is 0 Å². The summed E-state index contributed by atoms with van der Waals surface area (Å²) in [5, 5.41) is 0.972. The van der Waals surface area contributed by atoms with Gasteiger partial charge in [-0.15, -0.1) is 0 Å². The second kappa shape index (κ2) is 9.07. The number of hydrogen-bond donors (Lipinski definition) is 2. The number of para-hydroxylation sites is 1. The molecule has 6 nitrogen and oxygen atoms in total. The summed E-state index contributed by atoms with van der Waals surface area (Å²) >= 11 is 0. The number of aromatic amines is 2. The third-order valence-corrected chi connectivity index (χ3v) is 7.11. The van der Waals surface area contributed by atoms with Gasteiger partial charge in [0.05, 0.1) is 23.3 Å². The average molecular weight is 470 g/mol. The van der Waals surface area contributed by atoms with Crippen molar-refractivity contribution in [2.24, 2.45) is 0 Å². The number of halogens is 1. The van der Waals surface area contributed by atoms with Gasteiger partial charge in [0.1, 0.15) is 5.82 Å². The van der Waals surface area contributed by atoms with Crippen molar-refractivity contribution in [1.29, 1.82) is 0 Å². The lowest BCUT2D eigenvalue weighted by Gasteiger charge is -2.36. The van der Waals surface area contributed by atoms with Crippen molar-refractivity contribution in [3.63, 3.8) is 0 Å². The zero-order valence-electron chi connectivity index (χ0n) is 19.5. The van der Waals surface area contributed by atoms with Crippen LogP contribution >= 0.6 is 0 Å². The van der Waals surface area contributed by atoms with Gasteiger partial charge in [0.15, 0.2) is 0 Å². The number of piperazine rings is 1. The minimum absolute atomic E-state index is 0.0786. The molecule has 0 aliphatic carbocycles. The van der Waals surface area contributed by atoms with E-state index in [2.05, 4.69) is 25.8 Å². The smallest absolute Gasteiger partial charge is 0.326 e. The Bertz CT molecular complexity index is 1530. The Balaban J connectivity index is 1.14. The molecule has 35 heavy (non-hydrogen) atoms. The Hall–Kier alpha value is -3.84. The number of imidazole rings is 1. The van der Waals surface area contributed by atoms with Crippen LogP contribution in [0.5, 0.6) is 0 Å². The van der Waals surface area contributed by atoms with E-state index in [1.807, 2.05) is 53.2 Å². The van der Waals surface area contributed by atoms with E-state index in [0.29, 0.717) is 6.54 Å². The summed E-state index contributed by atoms with van der Waals surface area (Å²) in [4.78, 5) is 24.0. The van der Waals surface area contributed by atoms with E-state index in [1.54, 1.807) is 12.1 Å². The van der Waals surface area contributed by atoms with Crippen LogP contribution < -0.4 is 10.6 Å². The predicted octanol–water partition coefficient (Wildman–Crippen LogP) is 4.36. The van der Waals surface area contributed by atoms with Gasteiger partial charge in [-0.2, -0.15) is 0 Å². The fourth-order valence-electron chi connectivity index (χ4n) is 5.20. The van der Waals surface area contributed by atoms with Crippen LogP contribution in [0.15, 0.2) is 77.7 Å². The Morgan fingerprint density at radius 2 is 1.74 bits per heavy atom. The summed E-state index contributed by atoms with van der Waals surface area (Å²) in [6, 6.07) is 21.1. The average Bonchev–Trinajstić information content (AvgIpc) is 3.43.